The Labute approximate surface area is 280 Å². The third-order valence-electron chi connectivity index (χ3n) is 8.99. The number of nitrogens with one attached hydrogen (secondary N) is 2. The van der Waals surface area contributed by atoms with Gasteiger partial charge in [-0.1, -0.05) is 109 Å². The van der Waals surface area contributed by atoms with Gasteiger partial charge in [0.05, 0.1) is 0 Å². The quantitative estimate of drug-likeness (QED) is 0.212. The number of ether oxygens (including phenoxy) is 2. The van der Waals surface area contributed by atoms with E-state index in [1.807, 2.05) is 97.1 Å². The number of benzene rings is 4. The van der Waals surface area contributed by atoms with Gasteiger partial charge in [-0.05, 0) is 53.1 Å². The fourth-order valence-electron chi connectivity index (χ4n) is 6.57. The summed E-state index contributed by atoms with van der Waals surface area (Å²) in [6.45, 7) is 2.14. The van der Waals surface area contributed by atoms with E-state index < -0.39 is 42.0 Å². The van der Waals surface area contributed by atoms with E-state index in [9.17, 15) is 19.2 Å². The second-order valence-electron chi connectivity index (χ2n) is 12.2. The lowest BCUT2D eigenvalue weighted by molar-refractivity contribution is -0.150. The second-order valence-corrected chi connectivity index (χ2v) is 12.2. The molecule has 48 heavy (non-hydrogen) atoms. The molecule has 0 unspecified atom stereocenters. The Hall–Kier alpha value is -5.44. The first-order valence-electron chi connectivity index (χ1n) is 16.4. The predicted octanol–water partition coefficient (Wildman–Crippen LogP) is 5.38. The fraction of sp³-hybridized carbons (Fsp3) is 0.282. The summed E-state index contributed by atoms with van der Waals surface area (Å²) in [6.07, 6.45) is 0.581. The molecule has 1 saturated heterocycles. The zero-order valence-corrected chi connectivity index (χ0v) is 26.8. The largest absolute Gasteiger partial charge is 0.459 e. The minimum absolute atomic E-state index is 0.0773. The molecule has 1 heterocycles. The smallest absolute Gasteiger partial charge is 0.407 e. The van der Waals surface area contributed by atoms with Gasteiger partial charge in [0, 0.05) is 18.9 Å². The predicted molar refractivity (Wildman–Crippen MR) is 181 cm³/mol. The number of rotatable bonds is 11. The topological polar surface area (TPSA) is 114 Å². The van der Waals surface area contributed by atoms with E-state index in [-0.39, 0.29) is 25.6 Å². The summed E-state index contributed by atoms with van der Waals surface area (Å²) in [4.78, 5) is 54.7. The molecule has 0 saturated carbocycles. The van der Waals surface area contributed by atoms with Crippen LogP contribution in [0.4, 0.5) is 4.79 Å². The summed E-state index contributed by atoms with van der Waals surface area (Å²) in [6, 6.07) is 32.2. The van der Waals surface area contributed by atoms with Crippen molar-refractivity contribution in [3.63, 3.8) is 0 Å². The van der Waals surface area contributed by atoms with Gasteiger partial charge < -0.3 is 25.0 Å². The van der Waals surface area contributed by atoms with Gasteiger partial charge in [-0.15, -0.1) is 0 Å². The molecule has 0 radical (unpaired) electrons. The molecule has 0 aromatic heterocycles. The third kappa shape index (κ3) is 7.41. The third-order valence-corrected chi connectivity index (χ3v) is 8.99. The number of hydrogen-bond donors (Lipinski definition) is 2. The van der Waals surface area contributed by atoms with Crippen molar-refractivity contribution in [3.05, 3.63) is 131 Å². The summed E-state index contributed by atoms with van der Waals surface area (Å²) in [5, 5.41) is 5.51. The van der Waals surface area contributed by atoms with Crippen molar-refractivity contribution in [2.24, 2.45) is 0 Å². The first kappa shape index (κ1) is 32.5. The van der Waals surface area contributed by atoms with E-state index in [4.69, 9.17) is 9.47 Å². The molecular weight excluding hydrogens is 606 g/mol. The normalized spacial score (nSPS) is 16.3. The van der Waals surface area contributed by atoms with Crippen molar-refractivity contribution >= 4 is 23.9 Å². The van der Waals surface area contributed by atoms with Crippen LogP contribution in [-0.2, 0) is 36.9 Å². The summed E-state index contributed by atoms with van der Waals surface area (Å²) in [5.74, 6) is -1.50. The van der Waals surface area contributed by atoms with Crippen LogP contribution < -0.4 is 10.6 Å². The number of alkyl carbamates (subject to hydrolysis) is 1. The van der Waals surface area contributed by atoms with E-state index in [1.54, 1.807) is 6.92 Å². The number of amides is 3. The number of esters is 1. The number of carbonyl (C=O) groups excluding carboxylic acids is 4. The summed E-state index contributed by atoms with van der Waals surface area (Å²) < 4.78 is 11.2. The van der Waals surface area contributed by atoms with Crippen molar-refractivity contribution in [1.29, 1.82) is 0 Å². The van der Waals surface area contributed by atoms with E-state index in [0.717, 1.165) is 33.4 Å². The zero-order valence-electron chi connectivity index (χ0n) is 26.8. The number of likely N-dealkylation sites (tertiary alicyclic amines) is 1. The second kappa shape index (κ2) is 15.0. The Kier molecular flexibility index (Phi) is 10.1. The van der Waals surface area contributed by atoms with Gasteiger partial charge in [0.2, 0.25) is 11.8 Å². The van der Waals surface area contributed by atoms with Crippen LogP contribution in [0.25, 0.3) is 11.1 Å². The maximum atomic E-state index is 13.6. The molecule has 0 spiro atoms. The lowest BCUT2D eigenvalue weighted by atomic mass is 9.98. The maximum Gasteiger partial charge on any atom is 0.407 e. The molecule has 4 aromatic rings. The van der Waals surface area contributed by atoms with E-state index in [2.05, 4.69) is 22.8 Å². The molecule has 6 rings (SSSR count). The highest BCUT2D eigenvalue weighted by molar-refractivity contribution is 5.93. The van der Waals surface area contributed by atoms with Gasteiger partial charge in [0.15, 0.2) is 0 Å². The molecule has 4 aromatic carbocycles. The maximum absolute atomic E-state index is 13.6. The molecular formula is C39H39N3O6. The van der Waals surface area contributed by atoms with Gasteiger partial charge in [-0.3, -0.25) is 9.59 Å². The van der Waals surface area contributed by atoms with Gasteiger partial charge in [-0.25, -0.2) is 9.59 Å². The average Bonchev–Trinajstić information content (AvgIpc) is 3.73. The standard InChI is InChI=1S/C39H39N3O6/c1-26(40-39(46)48-25-33-31-19-10-8-17-29(31)30-18-9-11-20-32(30)33)37(44)42-22-12-21-35(42)36(43)41-34(23-27-13-4-2-5-14-27)38(45)47-24-28-15-6-3-7-16-28/h2-11,13-20,26,33-35H,12,21-25H2,1H3,(H,40,46)(H,41,43)/t26-,34-,35-/m0/s1. The van der Waals surface area contributed by atoms with Gasteiger partial charge >= 0.3 is 12.1 Å². The Balaban J connectivity index is 1.06. The van der Waals surface area contributed by atoms with Crippen LogP contribution in [0.15, 0.2) is 109 Å². The van der Waals surface area contributed by atoms with Crippen LogP contribution in [0, 0.1) is 0 Å². The van der Waals surface area contributed by atoms with Gasteiger partial charge in [0.1, 0.15) is 31.3 Å². The van der Waals surface area contributed by atoms with Crippen LogP contribution in [0.2, 0.25) is 0 Å². The molecule has 9 nitrogen and oxygen atoms in total. The first-order valence-corrected chi connectivity index (χ1v) is 16.4. The molecule has 2 aliphatic rings. The van der Waals surface area contributed by atoms with Crippen LogP contribution in [-0.4, -0.2) is 60.1 Å². The number of fused-ring (bicyclic) bond motifs is 3. The minimum atomic E-state index is -0.947. The van der Waals surface area contributed by atoms with E-state index in [1.165, 1.54) is 4.90 Å². The van der Waals surface area contributed by atoms with Crippen molar-refractivity contribution in [3.8, 4) is 11.1 Å². The van der Waals surface area contributed by atoms with Crippen LogP contribution in [0.3, 0.4) is 0 Å². The highest BCUT2D eigenvalue weighted by atomic mass is 16.5. The minimum Gasteiger partial charge on any atom is -0.459 e. The highest BCUT2D eigenvalue weighted by Gasteiger charge is 2.38. The first-order chi connectivity index (χ1) is 23.4. The van der Waals surface area contributed by atoms with Crippen molar-refractivity contribution in [1.82, 2.24) is 15.5 Å². The van der Waals surface area contributed by atoms with Crippen molar-refractivity contribution in [2.45, 2.75) is 56.8 Å². The fourth-order valence-corrected chi connectivity index (χ4v) is 6.57. The van der Waals surface area contributed by atoms with Gasteiger partial charge in [0.25, 0.3) is 0 Å². The Morgan fingerprint density at radius 3 is 1.98 bits per heavy atom. The molecule has 2 N–H and O–H groups in total. The van der Waals surface area contributed by atoms with Crippen LogP contribution >= 0.6 is 0 Å². The van der Waals surface area contributed by atoms with Crippen molar-refractivity contribution in [2.75, 3.05) is 13.2 Å². The lowest BCUT2D eigenvalue weighted by Gasteiger charge is -2.28. The van der Waals surface area contributed by atoms with Crippen LogP contribution in [0.1, 0.15) is 47.9 Å². The van der Waals surface area contributed by atoms with Crippen molar-refractivity contribution < 1.29 is 28.7 Å². The number of hydrogen-bond acceptors (Lipinski definition) is 6. The molecule has 1 aliphatic heterocycles. The molecule has 3 atom stereocenters. The Morgan fingerprint density at radius 2 is 1.33 bits per heavy atom. The zero-order chi connectivity index (χ0) is 33.5. The Morgan fingerprint density at radius 1 is 0.750 bits per heavy atom. The number of nitrogens with zero attached hydrogens (tertiary/aromatic N) is 1. The van der Waals surface area contributed by atoms with Gasteiger partial charge in [-0.2, -0.15) is 0 Å². The highest BCUT2D eigenvalue weighted by Crippen LogP contribution is 2.44. The molecule has 246 valence electrons. The molecule has 1 aliphatic carbocycles. The molecule has 0 bridgehead atoms. The van der Waals surface area contributed by atoms with Crippen LogP contribution in [0.5, 0.6) is 0 Å². The van der Waals surface area contributed by atoms with E-state index in [0.29, 0.717) is 19.4 Å². The summed E-state index contributed by atoms with van der Waals surface area (Å²) >= 11 is 0. The Bertz CT molecular complexity index is 1720. The molecule has 1 fully saturated rings. The summed E-state index contributed by atoms with van der Waals surface area (Å²) in [7, 11) is 0. The molecule has 3 amide bonds. The SMILES string of the molecule is C[C@H](NC(=O)OCC1c2ccccc2-c2ccccc21)C(=O)N1CCC[C@H]1C(=O)N[C@@H](Cc1ccccc1)C(=O)OCc1ccccc1. The summed E-state index contributed by atoms with van der Waals surface area (Å²) in [5.41, 5.74) is 6.13. The molecule has 9 heteroatoms. The average molecular weight is 646 g/mol. The number of carbonyl (C=O) groups is 4. The lowest BCUT2D eigenvalue weighted by Crippen LogP contribution is -2.55. The van der Waals surface area contributed by atoms with E-state index >= 15 is 0 Å². The monoisotopic (exact) mass is 645 g/mol.